The molecule has 234 valence electrons. The molecule has 6 atom stereocenters. The Bertz CT molecular complexity index is 1380. The Hall–Kier alpha value is -3.84. The van der Waals surface area contributed by atoms with Gasteiger partial charge < -0.3 is 44.1 Å². The van der Waals surface area contributed by atoms with Crippen LogP contribution in [0.5, 0.6) is 11.5 Å². The zero-order valence-corrected chi connectivity index (χ0v) is 25.1. The molecule has 13 nitrogen and oxygen atoms in total. The molecule has 13 heteroatoms. The van der Waals surface area contributed by atoms with Crippen LogP contribution in [0.4, 0.5) is 4.79 Å². The lowest BCUT2D eigenvalue weighted by Crippen LogP contribution is -2.74. The number of hydrogen-bond acceptors (Lipinski definition) is 11. The molecule has 1 fully saturated rings. The Labute approximate surface area is 249 Å². The van der Waals surface area contributed by atoms with Crippen LogP contribution in [-0.2, 0) is 40.4 Å². The second kappa shape index (κ2) is 10.7. The highest BCUT2D eigenvalue weighted by Gasteiger charge is 2.72. The highest BCUT2D eigenvalue weighted by molar-refractivity contribution is 5.89. The third-order valence-electron chi connectivity index (χ3n) is 8.81. The van der Waals surface area contributed by atoms with Crippen LogP contribution >= 0.6 is 0 Å². The van der Waals surface area contributed by atoms with E-state index in [0.29, 0.717) is 30.9 Å². The molecule has 0 aromatic heterocycles. The second-order valence-corrected chi connectivity index (χ2v) is 12.6. The Balaban J connectivity index is 1.33. The van der Waals surface area contributed by atoms with Crippen LogP contribution in [0, 0.1) is 0 Å². The number of carboxylic acid groups (broad SMARTS) is 1. The van der Waals surface area contributed by atoms with Crippen LogP contribution in [0.15, 0.2) is 24.0 Å². The third-order valence-corrected chi connectivity index (χ3v) is 8.81. The standard InChI is InChI=1S/C30H38N2O11/c1-15(40-27(37)43-28(2,3)4)25(34)31-17(26(35)36)14-21(33)41-19-9-10-30(38)20-13-16-7-8-18(39-6)23-22(16)29(30,24(19)42-23)11-12-32(20)5/h7-9,15,17,20,24,38H,10-14H2,1-6H3,(H,31,34)(H,35,36)/t15-,17-,20+,24-,29-,30+/m0/s1. The quantitative estimate of drug-likeness (QED) is 0.370. The van der Waals surface area contributed by atoms with Gasteiger partial charge in [-0.3, -0.25) is 9.59 Å². The van der Waals surface area contributed by atoms with Crippen molar-refractivity contribution in [1.29, 1.82) is 0 Å². The average molecular weight is 603 g/mol. The Kier molecular flexibility index (Phi) is 7.62. The number of amides is 1. The number of aliphatic hydroxyl groups is 1. The van der Waals surface area contributed by atoms with Crippen molar-refractivity contribution in [2.75, 3.05) is 20.7 Å². The van der Waals surface area contributed by atoms with Gasteiger partial charge in [0.25, 0.3) is 5.91 Å². The fourth-order valence-corrected chi connectivity index (χ4v) is 6.89. The number of likely N-dealkylation sites (N-methyl/N-ethyl adjacent to an activating group) is 1. The van der Waals surface area contributed by atoms with Gasteiger partial charge in [0.15, 0.2) is 23.7 Å². The maximum absolute atomic E-state index is 13.1. The van der Waals surface area contributed by atoms with Gasteiger partial charge in [0.05, 0.1) is 24.5 Å². The van der Waals surface area contributed by atoms with E-state index < -0.39 is 65.3 Å². The molecule has 2 bridgehead atoms. The monoisotopic (exact) mass is 602 g/mol. The molecule has 1 saturated heterocycles. The summed E-state index contributed by atoms with van der Waals surface area (Å²) in [6, 6.07) is 1.95. The van der Waals surface area contributed by atoms with Crippen LogP contribution in [0.1, 0.15) is 58.1 Å². The largest absolute Gasteiger partial charge is 0.509 e. The van der Waals surface area contributed by atoms with Crippen molar-refractivity contribution < 1.29 is 53.1 Å². The summed E-state index contributed by atoms with van der Waals surface area (Å²) in [5, 5.41) is 24.2. The summed E-state index contributed by atoms with van der Waals surface area (Å²) >= 11 is 0. The smallest absolute Gasteiger partial charge is 0.493 e. The molecule has 1 aromatic carbocycles. The van der Waals surface area contributed by atoms with E-state index in [1.807, 2.05) is 19.2 Å². The predicted octanol–water partition coefficient (Wildman–Crippen LogP) is 1.82. The van der Waals surface area contributed by atoms with Crippen LogP contribution < -0.4 is 14.8 Å². The number of carbonyl (C=O) groups excluding carboxylic acids is 3. The van der Waals surface area contributed by atoms with Gasteiger partial charge in [-0.1, -0.05) is 6.07 Å². The fraction of sp³-hybridized carbons (Fsp3) is 0.600. The van der Waals surface area contributed by atoms with Crippen LogP contribution in [0.2, 0.25) is 0 Å². The molecule has 5 rings (SSSR count). The van der Waals surface area contributed by atoms with Crippen LogP contribution in [0.3, 0.4) is 0 Å². The number of nitrogens with zero attached hydrogens (tertiary/aromatic N) is 1. The lowest BCUT2D eigenvalue weighted by Gasteiger charge is -2.61. The number of ether oxygens (including phenoxy) is 5. The summed E-state index contributed by atoms with van der Waals surface area (Å²) < 4.78 is 27.7. The normalized spacial score (nSPS) is 28.3. The van der Waals surface area contributed by atoms with Crippen molar-refractivity contribution >= 4 is 24.0 Å². The molecule has 1 amide bonds. The molecule has 1 spiro atoms. The molecular formula is C30H38N2O11. The van der Waals surface area contributed by atoms with Crippen molar-refractivity contribution in [2.45, 2.75) is 94.3 Å². The van der Waals surface area contributed by atoms with E-state index in [1.165, 1.54) is 14.0 Å². The van der Waals surface area contributed by atoms with Gasteiger partial charge >= 0.3 is 18.1 Å². The first-order chi connectivity index (χ1) is 20.1. The summed E-state index contributed by atoms with van der Waals surface area (Å²) in [7, 11) is 3.51. The number of hydrogen-bond donors (Lipinski definition) is 3. The zero-order chi connectivity index (χ0) is 31.5. The van der Waals surface area contributed by atoms with Gasteiger partial charge in [-0.15, -0.1) is 0 Å². The van der Waals surface area contributed by atoms with Crippen LogP contribution in [0.25, 0.3) is 0 Å². The summed E-state index contributed by atoms with van der Waals surface area (Å²) in [6.07, 6.45) is -1.07. The first kappa shape index (κ1) is 30.6. The maximum atomic E-state index is 13.1. The molecule has 0 saturated carbocycles. The molecule has 3 N–H and O–H groups in total. The number of nitrogens with one attached hydrogen (secondary N) is 1. The van der Waals surface area contributed by atoms with Crippen molar-refractivity contribution in [3.63, 3.8) is 0 Å². The van der Waals surface area contributed by atoms with Crippen molar-refractivity contribution in [3.8, 4) is 11.5 Å². The molecule has 0 unspecified atom stereocenters. The lowest BCUT2D eigenvalue weighted by atomic mass is 9.50. The molecular weight excluding hydrogens is 564 g/mol. The molecule has 0 radical (unpaired) electrons. The van der Waals surface area contributed by atoms with Gasteiger partial charge in [-0.2, -0.15) is 0 Å². The van der Waals surface area contributed by atoms with Gasteiger partial charge in [-0.05, 0) is 71.8 Å². The topological polar surface area (TPSA) is 170 Å². The number of benzene rings is 1. The van der Waals surface area contributed by atoms with Crippen molar-refractivity contribution in [3.05, 3.63) is 35.1 Å². The predicted molar refractivity (Wildman–Crippen MR) is 149 cm³/mol. The minimum absolute atomic E-state index is 0.168. The van der Waals surface area contributed by atoms with Gasteiger partial charge in [0, 0.05) is 18.0 Å². The molecule has 4 aliphatic rings. The van der Waals surface area contributed by atoms with E-state index in [2.05, 4.69) is 10.2 Å². The number of aliphatic carboxylic acids is 1. The number of piperidine rings is 1. The van der Waals surface area contributed by atoms with Crippen molar-refractivity contribution in [2.24, 2.45) is 0 Å². The van der Waals surface area contributed by atoms with E-state index >= 15 is 0 Å². The number of carboxylic acids is 1. The number of esters is 1. The minimum Gasteiger partial charge on any atom is -0.493 e. The maximum Gasteiger partial charge on any atom is 0.509 e. The Morgan fingerprint density at radius 2 is 1.95 bits per heavy atom. The average Bonchev–Trinajstić information content (AvgIpc) is 3.26. The van der Waals surface area contributed by atoms with Gasteiger partial charge in [0.1, 0.15) is 17.4 Å². The highest BCUT2D eigenvalue weighted by Crippen LogP contribution is 2.65. The Morgan fingerprint density at radius 1 is 1.23 bits per heavy atom. The van der Waals surface area contributed by atoms with Gasteiger partial charge in [0.2, 0.25) is 0 Å². The molecule has 2 aliphatic heterocycles. The highest BCUT2D eigenvalue weighted by atomic mass is 16.7. The zero-order valence-electron chi connectivity index (χ0n) is 25.1. The first-order valence-electron chi connectivity index (χ1n) is 14.2. The minimum atomic E-state index is -1.67. The fourth-order valence-electron chi connectivity index (χ4n) is 6.89. The second-order valence-electron chi connectivity index (χ2n) is 12.6. The molecule has 2 aliphatic carbocycles. The van der Waals surface area contributed by atoms with E-state index in [0.717, 1.165) is 11.1 Å². The summed E-state index contributed by atoms with van der Waals surface area (Å²) in [5.74, 6) is -2.16. The first-order valence-corrected chi connectivity index (χ1v) is 14.2. The van der Waals surface area contributed by atoms with Crippen molar-refractivity contribution in [1.82, 2.24) is 10.2 Å². The van der Waals surface area contributed by atoms with E-state index in [4.69, 9.17) is 23.7 Å². The summed E-state index contributed by atoms with van der Waals surface area (Å²) in [6.45, 7) is 6.80. The molecule has 1 aromatic rings. The van der Waals surface area contributed by atoms with E-state index in [1.54, 1.807) is 26.8 Å². The van der Waals surface area contributed by atoms with Crippen LogP contribution in [-0.4, -0.2) is 95.3 Å². The number of methoxy groups -OCH3 is 1. The van der Waals surface area contributed by atoms with E-state index in [-0.39, 0.29) is 18.2 Å². The SMILES string of the molecule is COc1ccc2c3c1O[C@H]1C(OC(=O)C[C@H](NC(=O)[C@H](C)OC(=O)OC(C)(C)C)C(=O)O)=CC[C@@]4(O)[C@@H](C2)N(C)CC[C@]314. The van der Waals surface area contributed by atoms with Gasteiger partial charge in [-0.25, -0.2) is 9.59 Å². The number of likely N-dealkylation sites (tertiary alicyclic amines) is 1. The Morgan fingerprint density at radius 3 is 2.60 bits per heavy atom. The molecule has 43 heavy (non-hydrogen) atoms. The van der Waals surface area contributed by atoms with E-state index in [9.17, 15) is 29.4 Å². The number of rotatable bonds is 8. The number of carbonyl (C=O) groups is 4. The summed E-state index contributed by atoms with van der Waals surface area (Å²) in [5.41, 5.74) is -1.07. The third kappa shape index (κ3) is 5.07. The summed E-state index contributed by atoms with van der Waals surface area (Å²) in [4.78, 5) is 51.7. The molecule has 2 heterocycles. The lowest BCUT2D eigenvalue weighted by molar-refractivity contribution is -0.169.